The molecule has 0 spiro atoms. The van der Waals surface area contributed by atoms with Gasteiger partial charge < -0.3 is 15.2 Å². The van der Waals surface area contributed by atoms with Gasteiger partial charge in [0.15, 0.2) is 0 Å². The maximum absolute atomic E-state index is 13.2. The average Bonchev–Trinajstić information content (AvgIpc) is 2.47. The van der Waals surface area contributed by atoms with Crippen LogP contribution in [0, 0.1) is 5.82 Å². The van der Waals surface area contributed by atoms with Gasteiger partial charge in [0.05, 0.1) is 7.11 Å². The zero-order chi connectivity index (χ0) is 15.4. The highest BCUT2D eigenvalue weighted by Crippen LogP contribution is 2.30. The van der Waals surface area contributed by atoms with E-state index in [1.807, 2.05) is 19.1 Å². The van der Waals surface area contributed by atoms with Crippen molar-refractivity contribution in [2.24, 2.45) is 5.73 Å². The van der Waals surface area contributed by atoms with Gasteiger partial charge in [0.2, 0.25) is 0 Å². The van der Waals surface area contributed by atoms with E-state index < -0.39 is 0 Å². The van der Waals surface area contributed by atoms with Crippen LogP contribution in [0.15, 0.2) is 36.4 Å². The Labute approximate surface area is 128 Å². The molecule has 0 bridgehead atoms. The minimum Gasteiger partial charge on any atom is -0.497 e. The van der Waals surface area contributed by atoms with Gasteiger partial charge in [0, 0.05) is 28.3 Å². The second kappa shape index (κ2) is 6.78. The quantitative estimate of drug-likeness (QED) is 0.905. The maximum Gasteiger partial charge on any atom is 0.128 e. The van der Waals surface area contributed by atoms with E-state index in [4.69, 9.17) is 26.8 Å². The molecule has 112 valence electrons. The Hall–Kier alpha value is -1.78. The molecule has 0 aliphatic carbocycles. The summed E-state index contributed by atoms with van der Waals surface area (Å²) in [5.74, 6) is 0.917. The maximum atomic E-state index is 13.2. The van der Waals surface area contributed by atoms with Gasteiger partial charge in [-0.3, -0.25) is 0 Å². The zero-order valence-corrected chi connectivity index (χ0v) is 12.7. The fourth-order valence-electron chi connectivity index (χ4n) is 1.95. The molecule has 1 atom stereocenters. The third-order valence-electron chi connectivity index (χ3n) is 3.10. The molecule has 21 heavy (non-hydrogen) atoms. The van der Waals surface area contributed by atoms with E-state index in [0.717, 1.165) is 5.56 Å². The molecule has 0 aromatic heterocycles. The SMILES string of the molecule is COc1ccc([C@@H](C)N)c(OCc2cc(F)ccc2Cl)c1. The molecular weight excluding hydrogens is 293 g/mol. The van der Waals surface area contributed by atoms with E-state index in [1.54, 1.807) is 13.2 Å². The molecule has 2 rings (SSSR count). The van der Waals surface area contributed by atoms with Crippen molar-refractivity contribution in [1.29, 1.82) is 0 Å². The molecule has 0 saturated carbocycles. The number of nitrogens with two attached hydrogens (primary N) is 1. The highest BCUT2D eigenvalue weighted by Gasteiger charge is 2.11. The highest BCUT2D eigenvalue weighted by molar-refractivity contribution is 6.31. The Morgan fingerprint density at radius 2 is 2.00 bits per heavy atom. The molecule has 0 aliphatic heterocycles. The van der Waals surface area contributed by atoms with Gasteiger partial charge in [-0.05, 0) is 31.2 Å². The van der Waals surface area contributed by atoms with Crippen molar-refractivity contribution in [2.75, 3.05) is 7.11 Å². The van der Waals surface area contributed by atoms with Crippen LogP contribution in [0.5, 0.6) is 11.5 Å². The number of benzene rings is 2. The van der Waals surface area contributed by atoms with Crippen LogP contribution in [-0.2, 0) is 6.61 Å². The fourth-order valence-corrected chi connectivity index (χ4v) is 2.12. The van der Waals surface area contributed by atoms with Gasteiger partial charge >= 0.3 is 0 Å². The van der Waals surface area contributed by atoms with Crippen LogP contribution in [0.3, 0.4) is 0 Å². The second-order valence-corrected chi connectivity index (χ2v) is 5.12. The lowest BCUT2D eigenvalue weighted by Gasteiger charge is -2.15. The Kier molecular flexibility index (Phi) is 5.04. The molecule has 0 saturated heterocycles. The molecule has 5 heteroatoms. The van der Waals surface area contributed by atoms with Gasteiger partial charge in [-0.25, -0.2) is 4.39 Å². The molecule has 0 unspecified atom stereocenters. The summed E-state index contributed by atoms with van der Waals surface area (Å²) in [4.78, 5) is 0. The Morgan fingerprint density at radius 3 is 2.67 bits per heavy atom. The second-order valence-electron chi connectivity index (χ2n) is 4.72. The number of ether oxygens (including phenoxy) is 2. The lowest BCUT2D eigenvalue weighted by atomic mass is 10.1. The van der Waals surface area contributed by atoms with E-state index in [-0.39, 0.29) is 18.5 Å². The van der Waals surface area contributed by atoms with Crippen molar-refractivity contribution in [2.45, 2.75) is 19.6 Å². The van der Waals surface area contributed by atoms with Crippen LogP contribution < -0.4 is 15.2 Å². The van der Waals surface area contributed by atoms with E-state index in [0.29, 0.717) is 22.1 Å². The summed E-state index contributed by atoms with van der Waals surface area (Å²) in [5, 5.41) is 0.460. The molecular formula is C16H17ClFNO2. The van der Waals surface area contributed by atoms with Gasteiger partial charge in [0.1, 0.15) is 23.9 Å². The number of hydrogen-bond acceptors (Lipinski definition) is 3. The smallest absolute Gasteiger partial charge is 0.128 e. The van der Waals surface area contributed by atoms with Gasteiger partial charge in [-0.2, -0.15) is 0 Å². The molecule has 3 nitrogen and oxygen atoms in total. The molecule has 0 amide bonds. The van der Waals surface area contributed by atoms with Crippen molar-refractivity contribution in [1.82, 2.24) is 0 Å². The number of rotatable bonds is 5. The third kappa shape index (κ3) is 3.86. The summed E-state index contributed by atoms with van der Waals surface area (Å²) in [6.45, 7) is 2.02. The summed E-state index contributed by atoms with van der Waals surface area (Å²) < 4.78 is 24.2. The van der Waals surface area contributed by atoms with Crippen LogP contribution in [0.2, 0.25) is 5.02 Å². The molecule has 2 aromatic carbocycles. The van der Waals surface area contributed by atoms with Gasteiger partial charge in [-0.15, -0.1) is 0 Å². The van der Waals surface area contributed by atoms with E-state index in [9.17, 15) is 4.39 Å². The van der Waals surface area contributed by atoms with Crippen molar-refractivity contribution >= 4 is 11.6 Å². The number of methoxy groups -OCH3 is 1. The first-order chi connectivity index (χ1) is 10.0. The molecule has 0 fully saturated rings. The van der Waals surface area contributed by atoms with Crippen molar-refractivity contribution in [3.8, 4) is 11.5 Å². The van der Waals surface area contributed by atoms with Crippen LogP contribution >= 0.6 is 11.6 Å². The summed E-state index contributed by atoms with van der Waals surface area (Å²) in [7, 11) is 1.58. The normalized spacial score (nSPS) is 12.0. The van der Waals surface area contributed by atoms with Crippen molar-refractivity contribution in [3.05, 3.63) is 58.4 Å². The van der Waals surface area contributed by atoms with Crippen LogP contribution in [0.25, 0.3) is 0 Å². The Bertz CT molecular complexity index is 632. The predicted octanol–water partition coefficient (Wildman–Crippen LogP) is 4.09. The first kappa shape index (κ1) is 15.6. The van der Waals surface area contributed by atoms with Crippen molar-refractivity contribution in [3.63, 3.8) is 0 Å². The lowest BCUT2D eigenvalue weighted by molar-refractivity contribution is 0.298. The predicted molar refractivity (Wildman–Crippen MR) is 81.3 cm³/mol. The number of hydrogen-bond donors (Lipinski definition) is 1. The first-order valence-corrected chi connectivity index (χ1v) is 6.89. The largest absolute Gasteiger partial charge is 0.497 e. The minimum atomic E-state index is -0.351. The van der Waals surface area contributed by atoms with Crippen molar-refractivity contribution < 1.29 is 13.9 Å². The summed E-state index contributed by atoms with van der Waals surface area (Å²) >= 11 is 6.03. The first-order valence-electron chi connectivity index (χ1n) is 6.51. The summed E-state index contributed by atoms with van der Waals surface area (Å²) in [6.07, 6.45) is 0. The molecule has 0 aliphatic rings. The molecule has 0 heterocycles. The van der Waals surface area contributed by atoms with E-state index in [1.165, 1.54) is 18.2 Å². The van der Waals surface area contributed by atoms with Gasteiger partial charge in [0.25, 0.3) is 0 Å². The lowest BCUT2D eigenvalue weighted by Crippen LogP contribution is -2.08. The minimum absolute atomic E-state index is 0.156. The third-order valence-corrected chi connectivity index (χ3v) is 3.47. The standard InChI is InChI=1S/C16H17ClFNO2/c1-10(19)14-5-4-13(20-2)8-16(14)21-9-11-7-12(18)3-6-15(11)17/h3-8,10H,9,19H2,1-2H3/t10-/m1/s1. The molecule has 2 N–H and O–H groups in total. The Morgan fingerprint density at radius 1 is 1.24 bits per heavy atom. The molecule has 0 radical (unpaired) electrons. The average molecular weight is 310 g/mol. The highest BCUT2D eigenvalue weighted by atomic mass is 35.5. The van der Waals surface area contributed by atoms with Crippen LogP contribution in [0.4, 0.5) is 4.39 Å². The van der Waals surface area contributed by atoms with Gasteiger partial charge in [-0.1, -0.05) is 17.7 Å². The molecule has 2 aromatic rings. The van der Waals surface area contributed by atoms with E-state index in [2.05, 4.69) is 0 Å². The van der Waals surface area contributed by atoms with Crippen LogP contribution in [0.1, 0.15) is 24.1 Å². The summed E-state index contributed by atoms with van der Waals surface area (Å²) in [5.41, 5.74) is 7.35. The topological polar surface area (TPSA) is 44.5 Å². The van der Waals surface area contributed by atoms with E-state index >= 15 is 0 Å². The number of halogens is 2. The fraction of sp³-hybridized carbons (Fsp3) is 0.250. The monoisotopic (exact) mass is 309 g/mol. The van der Waals surface area contributed by atoms with Crippen LogP contribution in [-0.4, -0.2) is 7.11 Å². The Balaban J connectivity index is 2.24. The summed E-state index contributed by atoms with van der Waals surface area (Å²) in [6, 6.07) is 9.42. The zero-order valence-electron chi connectivity index (χ0n) is 11.9.